The van der Waals surface area contributed by atoms with E-state index in [1.807, 2.05) is 28.8 Å². The van der Waals surface area contributed by atoms with E-state index in [0.717, 1.165) is 22.7 Å². The third-order valence-electron chi connectivity index (χ3n) is 4.60. The van der Waals surface area contributed by atoms with E-state index in [-0.39, 0.29) is 19.8 Å². The quantitative estimate of drug-likeness (QED) is 0.498. The van der Waals surface area contributed by atoms with E-state index in [9.17, 15) is 13.5 Å². The number of hydrogen-bond acceptors (Lipinski definition) is 7. The number of nitrogens with zero attached hydrogens (tertiary/aromatic N) is 4. The van der Waals surface area contributed by atoms with Gasteiger partial charge in [0.05, 0.1) is 37.1 Å². The number of nitrogens with two attached hydrogens (primary N) is 1. The molecule has 3 rings (SSSR count). The summed E-state index contributed by atoms with van der Waals surface area (Å²) in [7, 11) is -1.70. The molecule has 0 radical (unpaired) electrons. The number of ether oxygens (including phenoxy) is 1. The summed E-state index contributed by atoms with van der Waals surface area (Å²) >= 11 is 0. The lowest BCUT2D eigenvalue weighted by molar-refractivity contribution is 0.119. The van der Waals surface area contributed by atoms with E-state index in [0.29, 0.717) is 36.7 Å². The van der Waals surface area contributed by atoms with Crippen LogP contribution in [0.5, 0.6) is 0 Å². The maximum atomic E-state index is 11.4. The molecule has 0 aliphatic carbocycles. The van der Waals surface area contributed by atoms with Crippen LogP contribution in [0.4, 0.5) is 5.82 Å². The minimum atomic E-state index is -3.22. The summed E-state index contributed by atoms with van der Waals surface area (Å²) in [6, 6.07) is 7.69. The van der Waals surface area contributed by atoms with Gasteiger partial charge in [0.1, 0.15) is 11.3 Å². The van der Waals surface area contributed by atoms with Crippen molar-refractivity contribution in [3.63, 3.8) is 0 Å². The van der Waals surface area contributed by atoms with Crippen LogP contribution in [0.2, 0.25) is 0 Å². The second kappa shape index (κ2) is 8.39. The van der Waals surface area contributed by atoms with Gasteiger partial charge >= 0.3 is 0 Å². The molecule has 152 valence electrons. The first-order valence-corrected chi connectivity index (χ1v) is 10.8. The average molecular weight is 407 g/mol. The van der Waals surface area contributed by atoms with Crippen molar-refractivity contribution in [2.24, 2.45) is 0 Å². The minimum absolute atomic E-state index is 0.0331. The molecule has 2 aromatic heterocycles. The van der Waals surface area contributed by atoms with Crippen LogP contribution >= 0.6 is 0 Å². The topological polar surface area (TPSA) is 124 Å². The molecular formula is C18H25N5O4S. The second-order valence-corrected chi connectivity index (χ2v) is 8.65. The molecule has 3 aromatic rings. The van der Waals surface area contributed by atoms with Crippen LogP contribution in [-0.2, 0) is 27.7 Å². The number of hydrogen-bond donors (Lipinski definition) is 2. The fourth-order valence-electron chi connectivity index (χ4n) is 3.05. The number of para-hydroxylation sites is 1. The highest BCUT2D eigenvalue weighted by Crippen LogP contribution is 2.28. The number of rotatable bonds is 9. The third-order valence-corrected chi connectivity index (χ3v) is 5.92. The van der Waals surface area contributed by atoms with Crippen LogP contribution in [0.3, 0.4) is 0 Å². The Balaban J connectivity index is 1.84. The second-order valence-electron chi connectivity index (χ2n) is 6.56. The van der Waals surface area contributed by atoms with Gasteiger partial charge in [-0.3, -0.25) is 0 Å². The maximum absolute atomic E-state index is 11.4. The number of aliphatic hydroxyl groups is 1. The van der Waals surface area contributed by atoms with Gasteiger partial charge in [-0.25, -0.2) is 22.7 Å². The maximum Gasteiger partial charge on any atom is 0.211 e. The number of aliphatic hydroxyl groups excluding tert-OH is 1. The summed E-state index contributed by atoms with van der Waals surface area (Å²) in [6.45, 7) is 1.41. The minimum Gasteiger partial charge on any atom is -0.396 e. The summed E-state index contributed by atoms with van der Waals surface area (Å²) in [5, 5.41) is 10.3. The fourth-order valence-corrected chi connectivity index (χ4v) is 3.46. The van der Waals surface area contributed by atoms with Crippen molar-refractivity contribution in [3.8, 4) is 0 Å². The lowest BCUT2D eigenvalue weighted by Crippen LogP contribution is -2.29. The Morgan fingerprint density at radius 3 is 2.71 bits per heavy atom. The van der Waals surface area contributed by atoms with Gasteiger partial charge < -0.3 is 20.1 Å². The first-order valence-electron chi connectivity index (χ1n) is 8.96. The third kappa shape index (κ3) is 4.25. The molecule has 0 saturated heterocycles. The summed E-state index contributed by atoms with van der Waals surface area (Å²) in [5.41, 5.74) is 8.36. The van der Waals surface area contributed by atoms with Crippen molar-refractivity contribution >= 4 is 37.8 Å². The number of anilines is 1. The molecule has 0 aliphatic heterocycles. The number of likely N-dealkylation sites (N-methyl/N-ethyl adjacent to an activating group) is 1. The molecule has 0 aliphatic rings. The molecule has 0 spiro atoms. The molecular weight excluding hydrogens is 382 g/mol. The number of pyridine rings is 1. The molecule has 10 heteroatoms. The summed E-state index contributed by atoms with van der Waals surface area (Å²) in [4.78, 5) is 9.00. The Labute approximate surface area is 163 Å². The van der Waals surface area contributed by atoms with E-state index in [1.165, 1.54) is 11.4 Å². The number of fused-ring (bicyclic) bond motifs is 3. The van der Waals surface area contributed by atoms with E-state index >= 15 is 0 Å². The molecule has 0 amide bonds. The standard InChI is InChI=1S/C18H25N5O4S/c1-22(28(2,25)26)8-11-27-12-9-23-15(7-10-24)21-16-17(23)13-5-3-4-6-14(13)20-18(16)19/h3-6,24H,7-12H2,1-2H3,(H2,19,20). The summed E-state index contributed by atoms with van der Waals surface area (Å²) < 4.78 is 31.7. The molecule has 0 bridgehead atoms. The van der Waals surface area contributed by atoms with Crippen LogP contribution < -0.4 is 5.73 Å². The zero-order valence-corrected chi connectivity index (χ0v) is 16.8. The Morgan fingerprint density at radius 2 is 2.00 bits per heavy atom. The van der Waals surface area contributed by atoms with Gasteiger partial charge in [-0.05, 0) is 6.07 Å². The van der Waals surface area contributed by atoms with E-state index in [1.54, 1.807) is 0 Å². The van der Waals surface area contributed by atoms with Crippen molar-refractivity contribution in [1.82, 2.24) is 18.8 Å². The summed E-state index contributed by atoms with van der Waals surface area (Å²) in [5.74, 6) is 1.06. The molecule has 2 heterocycles. The van der Waals surface area contributed by atoms with E-state index in [2.05, 4.69) is 9.97 Å². The molecule has 0 unspecified atom stereocenters. The predicted octanol–water partition coefficient (Wildman–Crippen LogP) is 0.610. The monoisotopic (exact) mass is 407 g/mol. The first kappa shape index (κ1) is 20.5. The lowest BCUT2D eigenvalue weighted by atomic mass is 10.2. The van der Waals surface area contributed by atoms with Crippen molar-refractivity contribution in [2.45, 2.75) is 13.0 Å². The van der Waals surface area contributed by atoms with Gasteiger partial charge in [-0.2, -0.15) is 0 Å². The zero-order chi connectivity index (χ0) is 20.3. The van der Waals surface area contributed by atoms with Gasteiger partial charge in [0.15, 0.2) is 5.82 Å². The Morgan fingerprint density at radius 1 is 1.25 bits per heavy atom. The molecule has 28 heavy (non-hydrogen) atoms. The van der Waals surface area contributed by atoms with Gasteiger partial charge in [-0.1, -0.05) is 18.2 Å². The number of sulfonamides is 1. The van der Waals surface area contributed by atoms with Crippen molar-refractivity contribution in [2.75, 3.05) is 45.4 Å². The van der Waals surface area contributed by atoms with Crippen LogP contribution in [-0.4, -0.2) is 72.0 Å². The van der Waals surface area contributed by atoms with E-state index in [4.69, 9.17) is 10.5 Å². The number of benzene rings is 1. The normalized spacial score (nSPS) is 12.4. The molecule has 0 saturated carbocycles. The zero-order valence-electron chi connectivity index (χ0n) is 16.0. The SMILES string of the molecule is CN(CCOCCn1c(CCO)nc2c(N)nc3ccccc3c21)S(C)(=O)=O. The van der Waals surface area contributed by atoms with Gasteiger partial charge in [0, 0.05) is 31.9 Å². The average Bonchev–Trinajstić information content (AvgIpc) is 3.00. The highest BCUT2D eigenvalue weighted by Gasteiger charge is 2.17. The Hall–Kier alpha value is -2.27. The number of nitrogen functional groups attached to an aromatic ring is 1. The van der Waals surface area contributed by atoms with Crippen molar-refractivity contribution in [3.05, 3.63) is 30.1 Å². The van der Waals surface area contributed by atoms with Crippen LogP contribution in [0, 0.1) is 0 Å². The molecule has 1 aromatic carbocycles. The fraction of sp³-hybridized carbons (Fsp3) is 0.444. The smallest absolute Gasteiger partial charge is 0.211 e. The highest BCUT2D eigenvalue weighted by molar-refractivity contribution is 7.88. The van der Waals surface area contributed by atoms with E-state index < -0.39 is 10.0 Å². The molecule has 3 N–H and O–H groups in total. The van der Waals surface area contributed by atoms with Crippen molar-refractivity contribution in [1.29, 1.82) is 0 Å². The lowest BCUT2D eigenvalue weighted by Gasteiger charge is -2.15. The van der Waals surface area contributed by atoms with Gasteiger partial charge in [0.2, 0.25) is 10.0 Å². The predicted molar refractivity (Wildman–Crippen MR) is 109 cm³/mol. The molecule has 9 nitrogen and oxygen atoms in total. The van der Waals surface area contributed by atoms with Gasteiger partial charge in [0.25, 0.3) is 0 Å². The number of aromatic nitrogens is 3. The first-order chi connectivity index (χ1) is 13.3. The van der Waals surface area contributed by atoms with Crippen LogP contribution in [0.25, 0.3) is 21.9 Å². The number of imidazole rings is 1. The van der Waals surface area contributed by atoms with Crippen molar-refractivity contribution < 1.29 is 18.3 Å². The van der Waals surface area contributed by atoms with Gasteiger partial charge in [-0.15, -0.1) is 0 Å². The molecule has 0 atom stereocenters. The Kier molecular flexibility index (Phi) is 6.14. The van der Waals surface area contributed by atoms with Crippen LogP contribution in [0.15, 0.2) is 24.3 Å². The largest absolute Gasteiger partial charge is 0.396 e. The Bertz CT molecular complexity index is 1080. The van der Waals surface area contributed by atoms with Crippen LogP contribution in [0.1, 0.15) is 5.82 Å². The summed E-state index contributed by atoms with van der Waals surface area (Å²) in [6.07, 6.45) is 1.55. The highest BCUT2D eigenvalue weighted by atomic mass is 32.2. The molecule has 0 fully saturated rings.